The number of thiophene rings is 1. The summed E-state index contributed by atoms with van der Waals surface area (Å²) in [6.45, 7) is 0. The van der Waals surface area contributed by atoms with Gasteiger partial charge in [-0.15, -0.1) is 11.3 Å². The van der Waals surface area contributed by atoms with Crippen molar-refractivity contribution in [3.8, 4) is 5.75 Å². The average molecular weight is 326 g/mol. The number of rotatable bonds is 3. The third-order valence-electron chi connectivity index (χ3n) is 3.33. The van der Waals surface area contributed by atoms with Crippen molar-refractivity contribution >= 4 is 28.9 Å². The molecule has 0 N–H and O–H groups in total. The van der Waals surface area contributed by atoms with Gasteiger partial charge in [0.15, 0.2) is 0 Å². The Bertz CT molecular complexity index is 663. The largest absolute Gasteiger partial charge is 0.497 e. The summed E-state index contributed by atoms with van der Waals surface area (Å²) in [6, 6.07) is 3.82. The third-order valence-corrected chi connectivity index (χ3v) is 5.57. The van der Waals surface area contributed by atoms with Gasteiger partial charge in [0, 0.05) is 22.8 Å². The van der Waals surface area contributed by atoms with Gasteiger partial charge in [-0.1, -0.05) is 0 Å². The van der Waals surface area contributed by atoms with Crippen molar-refractivity contribution in [3.05, 3.63) is 50.7 Å². The van der Waals surface area contributed by atoms with Crippen LogP contribution in [0.5, 0.6) is 5.75 Å². The molecule has 0 spiro atoms. The van der Waals surface area contributed by atoms with E-state index in [2.05, 4.69) is 0 Å². The summed E-state index contributed by atoms with van der Waals surface area (Å²) < 4.78 is 32.7. The Morgan fingerprint density at radius 1 is 1.24 bits per heavy atom. The van der Waals surface area contributed by atoms with Crippen LogP contribution in [0.25, 0.3) is 0 Å². The van der Waals surface area contributed by atoms with Crippen molar-refractivity contribution in [1.82, 2.24) is 0 Å². The van der Waals surface area contributed by atoms with E-state index in [-0.39, 0.29) is 5.75 Å². The Hall–Kier alpha value is -1.40. The number of hydrogen-bond donors (Lipinski definition) is 0. The standard InChI is InChI=1S/C15H12F2O2S2/c1-19-9-5-10(16)14(11(17)6-9)15(18)13-4-8-7-20-3-2-12(8)21-13/h4-6H,2-3,7H2,1H3. The van der Waals surface area contributed by atoms with Gasteiger partial charge in [-0.2, -0.15) is 11.8 Å². The van der Waals surface area contributed by atoms with E-state index in [9.17, 15) is 13.6 Å². The monoisotopic (exact) mass is 326 g/mol. The second-order valence-corrected chi connectivity index (χ2v) is 6.90. The van der Waals surface area contributed by atoms with Crippen molar-refractivity contribution in [3.63, 3.8) is 0 Å². The van der Waals surface area contributed by atoms with E-state index < -0.39 is 23.0 Å². The van der Waals surface area contributed by atoms with Crippen LogP contribution in [0, 0.1) is 11.6 Å². The van der Waals surface area contributed by atoms with Crippen molar-refractivity contribution in [2.24, 2.45) is 0 Å². The minimum atomic E-state index is -0.891. The highest BCUT2D eigenvalue weighted by molar-refractivity contribution is 7.98. The number of hydrogen-bond acceptors (Lipinski definition) is 4. The van der Waals surface area contributed by atoms with Crippen molar-refractivity contribution in [2.45, 2.75) is 12.2 Å². The predicted molar refractivity (Wildman–Crippen MR) is 80.5 cm³/mol. The number of aryl methyl sites for hydroxylation is 1. The van der Waals surface area contributed by atoms with E-state index in [0.717, 1.165) is 40.5 Å². The van der Waals surface area contributed by atoms with Crippen LogP contribution in [0.1, 0.15) is 25.7 Å². The normalized spacial score (nSPS) is 13.9. The van der Waals surface area contributed by atoms with E-state index in [0.29, 0.717) is 4.88 Å². The molecular weight excluding hydrogens is 314 g/mol. The molecule has 6 heteroatoms. The van der Waals surface area contributed by atoms with Crippen LogP contribution in [0.2, 0.25) is 0 Å². The second-order valence-electron chi connectivity index (χ2n) is 4.66. The van der Waals surface area contributed by atoms with Gasteiger partial charge < -0.3 is 4.74 Å². The Kier molecular flexibility index (Phi) is 3.99. The smallest absolute Gasteiger partial charge is 0.208 e. The topological polar surface area (TPSA) is 26.3 Å². The van der Waals surface area contributed by atoms with Gasteiger partial charge in [-0.05, 0) is 23.8 Å². The van der Waals surface area contributed by atoms with Gasteiger partial charge in [-0.25, -0.2) is 8.78 Å². The number of methoxy groups -OCH3 is 1. The lowest BCUT2D eigenvalue weighted by atomic mass is 10.1. The predicted octanol–water partition coefficient (Wildman–Crippen LogP) is 4.06. The molecule has 2 nitrogen and oxygen atoms in total. The molecule has 1 aromatic heterocycles. The first kappa shape index (κ1) is 14.5. The molecule has 0 saturated carbocycles. The summed E-state index contributed by atoms with van der Waals surface area (Å²) in [5.41, 5.74) is 0.593. The molecule has 1 aliphatic heterocycles. The molecule has 1 aliphatic rings. The van der Waals surface area contributed by atoms with Crippen LogP contribution in [0.4, 0.5) is 8.78 Å². The van der Waals surface area contributed by atoms with E-state index >= 15 is 0 Å². The fourth-order valence-electron chi connectivity index (χ4n) is 2.27. The van der Waals surface area contributed by atoms with Gasteiger partial charge in [-0.3, -0.25) is 4.79 Å². The number of carbonyl (C=O) groups is 1. The molecule has 2 aromatic rings. The molecule has 2 heterocycles. The molecule has 0 radical (unpaired) electrons. The fraction of sp³-hybridized carbons (Fsp3) is 0.267. The van der Waals surface area contributed by atoms with Crippen molar-refractivity contribution in [2.75, 3.05) is 12.9 Å². The quantitative estimate of drug-likeness (QED) is 0.796. The summed E-state index contributed by atoms with van der Waals surface area (Å²) in [6.07, 6.45) is 0.908. The molecule has 0 fully saturated rings. The molecule has 1 aromatic carbocycles. The Morgan fingerprint density at radius 2 is 1.95 bits per heavy atom. The van der Waals surface area contributed by atoms with Gasteiger partial charge in [0.2, 0.25) is 5.78 Å². The Balaban J connectivity index is 2.00. The first-order chi connectivity index (χ1) is 10.1. The average Bonchev–Trinajstić information content (AvgIpc) is 2.90. The maximum absolute atomic E-state index is 14.0. The number of fused-ring (bicyclic) bond motifs is 1. The molecule has 0 saturated heterocycles. The lowest BCUT2D eigenvalue weighted by molar-refractivity contribution is 0.103. The fourth-order valence-corrected chi connectivity index (χ4v) is 4.59. The summed E-state index contributed by atoms with van der Waals surface area (Å²) in [5, 5.41) is 0. The first-order valence-electron chi connectivity index (χ1n) is 6.37. The number of halogens is 2. The van der Waals surface area contributed by atoms with Crippen LogP contribution in [-0.2, 0) is 12.2 Å². The maximum Gasteiger partial charge on any atom is 0.208 e. The van der Waals surface area contributed by atoms with Gasteiger partial charge in [0.1, 0.15) is 17.4 Å². The first-order valence-corrected chi connectivity index (χ1v) is 8.34. The lowest BCUT2D eigenvalue weighted by Gasteiger charge is -2.08. The molecule has 0 atom stereocenters. The van der Waals surface area contributed by atoms with E-state index in [1.165, 1.54) is 18.4 Å². The number of benzene rings is 1. The molecular formula is C15H12F2O2S2. The zero-order chi connectivity index (χ0) is 15.0. The molecule has 0 amide bonds. The second kappa shape index (κ2) is 5.77. The highest BCUT2D eigenvalue weighted by Gasteiger charge is 2.24. The molecule has 21 heavy (non-hydrogen) atoms. The molecule has 3 rings (SSSR count). The molecule has 0 aliphatic carbocycles. The van der Waals surface area contributed by atoms with Crippen LogP contribution in [0.15, 0.2) is 18.2 Å². The van der Waals surface area contributed by atoms with Gasteiger partial charge in [0.25, 0.3) is 0 Å². The highest BCUT2D eigenvalue weighted by Crippen LogP contribution is 2.33. The molecule has 110 valence electrons. The zero-order valence-corrected chi connectivity index (χ0v) is 12.9. The summed E-state index contributed by atoms with van der Waals surface area (Å²) in [5.74, 6) is -0.449. The van der Waals surface area contributed by atoms with Gasteiger partial charge >= 0.3 is 0 Å². The van der Waals surface area contributed by atoms with Crippen molar-refractivity contribution in [1.29, 1.82) is 0 Å². The van der Waals surface area contributed by atoms with Crippen LogP contribution in [-0.4, -0.2) is 18.6 Å². The molecule has 0 bridgehead atoms. The van der Waals surface area contributed by atoms with E-state index in [1.807, 2.05) is 0 Å². The van der Waals surface area contributed by atoms with Crippen LogP contribution >= 0.6 is 23.1 Å². The van der Waals surface area contributed by atoms with Crippen LogP contribution in [0.3, 0.4) is 0 Å². The summed E-state index contributed by atoms with van der Waals surface area (Å²) in [4.78, 5) is 13.9. The van der Waals surface area contributed by atoms with E-state index in [4.69, 9.17) is 4.74 Å². The lowest BCUT2D eigenvalue weighted by Crippen LogP contribution is -2.06. The number of ether oxygens (including phenoxy) is 1. The minimum absolute atomic E-state index is 0.0587. The van der Waals surface area contributed by atoms with Crippen LogP contribution < -0.4 is 4.74 Å². The third kappa shape index (κ3) is 2.70. The highest BCUT2D eigenvalue weighted by atomic mass is 32.2. The number of thioether (sulfide) groups is 1. The molecule has 0 unspecified atom stereocenters. The Labute approximate surface area is 129 Å². The summed E-state index contributed by atoms with van der Waals surface area (Å²) >= 11 is 3.14. The SMILES string of the molecule is COc1cc(F)c(C(=O)c2cc3c(s2)CCSC3)c(F)c1. The van der Waals surface area contributed by atoms with E-state index in [1.54, 1.807) is 17.8 Å². The summed E-state index contributed by atoms with van der Waals surface area (Å²) in [7, 11) is 1.32. The minimum Gasteiger partial charge on any atom is -0.497 e. The Morgan fingerprint density at radius 3 is 2.57 bits per heavy atom. The maximum atomic E-state index is 14.0. The number of ketones is 1. The zero-order valence-electron chi connectivity index (χ0n) is 11.2. The number of carbonyl (C=O) groups excluding carboxylic acids is 1. The van der Waals surface area contributed by atoms with Crippen molar-refractivity contribution < 1.29 is 18.3 Å². The van der Waals surface area contributed by atoms with Gasteiger partial charge in [0.05, 0.1) is 17.6 Å².